The Morgan fingerprint density at radius 2 is 0.840 bits per heavy atom. The van der Waals surface area contributed by atoms with Crippen LogP contribution < -0.4 is 131 Å². The van der Waals surface area contributed by atoms with Crippen molar-refractivity contribution in [3.8, 4) is 28.7 Å². The van der Waals surface area contributed by atoms with Gasteiger partial charge in [-0.15, -0.1) is 56.8 Å². The van der Waals surface area contributed by atoms with Crippen LogP contribution in [0.2, 0.25) is 0 Å². The van der Waals surface area contributed by atoms with Crippen LogP contribution in [0.1, 0.15) is 122 Å². The standard InChI is InChI=1S/C17H22ClN2O6P.C12H19ClNO3P.C12H18NO3P.C10H15Cl2N2O5P.C7H9O4P.C7H8O.C6H7O2.C5H11Cl3NOP.CH4.Cs.Li.H2O/c1-14-5-7-15(8-6-14)26-27(23,19(2)12-4-3-11-18)24-13-16-9-10-17(25-16)20(21)22;1-11-5-7-12(8-6-11)17-18(15,16)14(2)10-4-3-9-13;1-11-5-7-12(8-6-11)16-17(14,15)13(2)9-3-4-10-13;1-13(7-3-2-6-11)20(12,17)18-8-9-4-5-10(19-9)14(15)16;1-6-2-4-7(5-3-6)11-12(8,9)10;1-6-2-4-7(8)5-3-6;1-5-2-3-6(4-7)8-5;1-9(11(7,8)10)5-3-2-4-6;;;;/h5-10H,3-4,11-13H2,1-2H3;5-8H,3-4,9-10H2,1-2H3,(H,15,16);5-8H,3-4,9-10H2,1-2H3;4-5H,2-3,6-8H2,1H3;2-5H,1H3,(H2,8,9,10);2-5,8H,1H3;2-3H,4H2,1H3;2-5H2,1H3;1H4;;;1H2/q;;;;;;-1;;;2*+1;/p-2. The molecule has 3 aromatic heterocycles. The molecular formula is C77H113Cl7CsLiN7O26P6-. The maximum Gasteiger partial charge on any atom is 1.00 e. The van der Waals surface area contributed by atoms with E-state index < -0.39 is 65.9 Å². The second-order valence-electron chi connectivity index (χ2n) is 27.0. The molecule has 0 saturated carbocycles. The van der Waals surface area contributed by atoms with Crippen molar-refractivity contribution in [1.29, 1.82) is 0 Å². The third kappa shape index (κ3) is 54.4. The van der Waals surface area contributed by atoms with E-state index in [1.54, 1.807) is 108 Å². The first-order chi connectivity index (χ1) is 56.7. The zero-order valence-electron chi connectivity index (χ0n) is 71.5. The van der Waals surface area contributed by atoms with Crippen molar-refractivity contribution in [2.24, 2.45) is 0 Å². The van der Waals surface area contributed by atoms with Gasteiger partial charge in [-0.2, -0.15) is 4.89 Å². The SMILES string of the molecule is C.CN(CCCCCl)P(=O)(Cl)Cl.CN(CCCCCl)P(=O)(Cl)OCc1ccc([N+](=O)[O-])o1.Cc1ccc(C[O-])o1.Cc1ccc(OP(=O)(OCc2ccc([N+](=O)[O-])o2)N(C)CCCCCl)cc1.Cc1ccc(OP(=O)([O-])O)cc1.Cc1ccc(OP(=O)([O-])[N+]2(C)CCCC2)cc1.Cc1ccc(O[P+]([O-])(O)N(C)CCCCCl)cc1.Cc1ccc([O-])cc1.O.[Cs+].[Li+]. The summed E-state index contributed by atoms with van der Waals surface area (Å²) in [4.78, 5) is 72.4. The summed E-state index contributed by atoms with van der Waals surface area (Å²) >= 11 is 38.8. The predicted molar refractivity (Wildman–Crippen MR) is 478 cm³/mol. The van der Waals surface area contributed by atoms with Gasteiger partial charge in [-0.05, 0) is 221 Å². The minimum absolute atomic E-state index is 0. The van der Waals surface area contributed by atoms with Crippen molar-refractivity contribution in [2.45, 2.75) is 133 Å². The average molecular weight is 2130 g/mol. The maximum absolute atomic E-state index is 13.3. The van der Waals surface area contributed by atoms with Crippen LogP contribution in [-0.4, -0.2) is 146 Å². The van der Waals surface area contributed by atoms with E-state index in [0.717, 1.165) is 97.8 Å². The molecule has 0 bridgehead atoms. The Bertz CT molecular complexity index is 4490. The van der Waals surface area contributed by atoms with Crippen LogP contribution in [-0.2, 0) is 51.7 Å². The topological polar surface area (TPSA) is 467 Å². The van der Waals surface area contributed by atoms with E-state index in [1.807, 2.05) is 90.1 Å². The molecule has 8 aromatic rings. The minimum atomic E-state index is -4.65. The number of hydrogen-bond donors (Lipinski definition) is 2. The molecule has 1 aliphatic rings. The second-order valence-corrected chi connectivity index (χ2v) is 43.6. The van der Waals surface area contributed by atoms with E-state index in [1.165, 1.54) is 55.1 Å². The second kappa shape index (κ2) is 65.9. The third-order valence-electron chi connectivity index (χ3n) is 16.6. The van der Waals surface area contributed by atoms with E-state index in [4.69, 9.17) is 121 Å². The fourth-order valence-corrected chi connectivity index (χ4v) is 16.3. The normalized spacial score (nSPS) is 14.1. The number of nitrogens with zero attached hydrogens (tertiary/aromatic N) is 7. The van der Waals surface area contributed by atoms with Gasteiger partial charge >= 0.3 is 144 Å². The van der Waals surface area contributed by atoms with Gasteiger partial charge in [0.1, 0.15) is 57.6 Å². The van der Waals surface area contributed by atoms with Gasteiger partial charge in [-0.25, -0.2) is 23.1 Å². The van der Waals surface area contributed by atoms with E-state index in [2.05, 4.69) is 4.52 Å². The molecule has 5 atom stereocenters. The number of quaternary nitrogens is 1. The first kappa shape index (κ1) is 127. The zero-order valence-corrected chi connectivity index (χ0v) is 88.5. The number of aryl methyl sites for hydroxylation is 6. The Kier molecular flexibility index (Phi) is 66.8. The van der Waals surface area contributed by atoms with Crippen molar-refractivity contribution in [3.63, 3.8) is 0 Å². The molecule has 0 spiro atoms. The average Bonchev–Trinajstić information content (AvgIpc) is 1.72. The van der Waals surface area contributed by atoms with Crippen molar-refractivity contribution in [2.75, 3.05) is 98.0 Å². The van der Waals surface area contributed by atoms with Gasteiger partial charge in [0.2, 0.25) is 0 Å². The molecule has 5 aromatic carbocycles. The van der Waals surface area contributed by atoms with Gasteiger partial charge in [-0.3, -0.25) is 47.2 Å². The fraction of sp³-hybridized carbons (Fsp3) is 0.455. The number of furan rings is 3. The van der Waals surface area contributed by atoms with E-state index in [0.29, 0.717) is 85.8 Å². The number of alkyl halides is 4. The number of likely N-dealkylation sites (tertiary alicyclic amines) is 1. The summed E-state index contributed by atoms with van der Waals surface area (Å²) in [6.07, 6.45) is 8.23. The molecule has 1 fully saturated rings. The van der Waals surface area contributed by atoms with Crippen molar-refractivity contribution < 1.29 is 205 Å². The molecule has 125 heavy (non-hydrogen) atoms. The summed E-state index contributed by atoms with van der Waals surface area (Å²) in [5, 5.41) is 41.6. The Morgan fingerprint density at radius 3 is 1.18 bits per heavy atom. The van der Waals surface area contributed by atoms with Gasteiger partial charge in [0.15, 0.2) is 5.75 Å². The van der Waals surface area contributed by atoms with Gasteiger partial charge in [0.05, 0.1) is 38.0 Å². The monoisotopic (exact) mass is 2120 g/mol. The molecule has 9 rings (SSSR count). The van der Waals surface area contributed by atoms with Gasteiger partial charge < -0.3 is 66.6 Å². The molecule has 48 heteroatoms. The van der Waals surface area contributed by atoms with Crippen LogP contribution in [0.15, 0.2) is 171 Å². The summed E-state index contributed by atoms with van der Waals surface area (Å²) < 4.78 is 110. The molecule has 1 saturated heterocycles. The van der Waals surface area contributed by atoms with Gasteiger partial charge in [-0.1, -0.05) is 115 Å². The molecule has 1 aliphatic heterocycles. The quantitative estimate of drug-likeness (QED) is 0.00906. The third-order valence-corrected chi connectivity index (χ3v) is 28.6. The minimum Gasteiger partial charge on any atom is -0.872 e. The van der Waals surface area contributed by atoms with Crippen LogP contribution in [0.3, 0.4) is 0 Å². The van der Waals surface area contributed by atoms with E-state index in [-0.39, 0.29) is 148 Å². The van der Waals surface area contributed by atoms with Crippen LogP contribution in [0.4, 0.5) is 11.8 Å². The number of benzene rings is 5. The first-order valence-corrected chi connectivity index (χ1v) is 51.5. The number of halogens is 7. The first-order valence-electron chi connectivity index (χ1n) is 37.4. The molecule has 4 heterocycles. The van der Waals surface area contributed by atoms with Gasteiger partial charge in [0, 0.05) is 69.6 Å². The summed E-state index contributed by atoms with van der Waals surface area (Å²) in [6, 6.07) is 42.9. The number of phosphoric ester groups is 1. The molecule has 694 valence electrons. The predicted octanol–water partition coefficient (Wildman–Crippen LogP) is 13.3. The maximum atomic E-state index is 13.3. The molecule has 5 unspecified atom stereocenters. The largest absolute Gasteiger partial charge is 1.00 e. The van der Waals surface area contributed by atoms with E-state index >= 15 is 0 Å². The van der Waals surface area contributed by atoms with Crippen molar-refractivity contribution in [1.82, 2.24) is 18.7 Å². The summed E-state index contributed by atoms with van der Waals surface area (Å²) in [5.74, 6) is 1.42. The Hall–Kier alpha value is -2.56. The van der Waals surface area contributed by atoms with Crippen LogP contribution >= 0.6 is 124 Å². The number of unbranched alkanes of at least 4 members (excludes halogenated alkanes) is 4. The number of hydrogen-bond acceptors (Lipinski definition) is 25. The molecule has 0 radical (unpaired) electrons. The Balaban J connectivity index is -0.00000139. The van der Waals surface area contributed by atoms with Gasteiger partial charge in [0.25, 0.3) is 0 Å². The number of nitro groups is 2. The number of rotatable bonds is 38. The molecule has 0 aliphatic carbocycles. The summed E-state index contributed by atoms with van der Waals surface area (Å²) in [5.41, 5.74) is 5.31. The van der Waals surface area contributed by atoms with Crippen LogP contribution in [0, 0.1) is 61.8 Å². The number of phosphoric acid groups is 1. The van der Waals surface area contributed by atoms with Crippen LogP contribution in [0.25, 0.3) is 0 Å². The smallest absolute Gasteiger partial charge is 0.872 e. The fourth-order valence-electron chi connectivity index (χ4n) is 9.36. The molecule has 33 nitrogen and oxygen atoms in total. The van der Waals surface area contributed by atoms with E-state index in [9.17, 15) is 72.8 Å². The van der Waals surface area contributed by atoms with Crippen molar-refractivity contribution >= 4 is 136 Å². The molecule has 4 N–H and O–H groups in total. The van der Waals surface area contributed by atoms with Crippen LogP contribution in [0.5, 0.6) is 28.7 Å². The summed E-state index contributed by atoms with van der Waals surface area (Å²) in [7, 11) is -7.89. The Morgan fingerprint density at radius 1 is 0.496 bits per heavy atom. The Labute approximate surface area is 839 Å². The molecule has 0 amide bonds. The van der Waals surface area contributed by atoms with Crippen molar-refractivity contribution in [3.05, 3.63) is 229 Å². The molecular weight excluding hydrogens is 2010 g/mol. The summed E-state index contributed by atoms with van der Waals surface area (Å²) in [6.45, 7) is 10.6. The zero-order chi connectivity index (χ0) is 91.2.